The van der Waals surface area contributed by atoms with E-state index >= 15 is 0 Å². The predicted octanol–water partition coefficient (Wildman–Crippen LogP) is 3.28. The Morgan fingerprint density at radius 1 is 1.21 bits per heavy atom. The first kappa shape index (κ1) is 20.7. The van der Waals surface area contributed by atoms with Gasteiger partial charge in [0.25, 0.3) is 5.91 Å². The number of carbonyl (C=O) groups excluding carboxylic acids is 2. The molecule has 1 N–H and O–H groups in total. The maximum Gasteiger partial charge on any atom is 0.409 e. The summed E-state index contributed by atoms with van der Waals surface area (Å²) in [5.41, 5.74) is 2.94. The standard InChI is InChI=1S/C23H22N6O4/c1-14-7-8-15(19-26-21(33-27-19)23(2)12-28(13-23)22(31)32-3)10-16(14)25-20(30)17-11-24-18-6-4-5-9-29(17)18/h4-11H,12-13H2,1-3H3,(H,25,30). The minimum atomic E-state index is -0.426. The molecule has 1 aromatic carbocycles. The number of nitrogens with zero attached hydrogens (tertiary/aromatic N) is 5. The Hall–Kier alpha value is -4.21. The van der Waals surface area contributed by atoms with E-state index in [0.717, 1.165) is 5.56 Å². The molecule has 0 spiro atoms. The molecule has 1 aliphatic rings. The summed E-state index contributed by atoms with van der Waals surface area (Å²) >= 11 is 0. The van der Waals surface area contributed by atoms with Crippen molar-refractivity contribution in [3.8, 4) is 11.4 Å². The summed E-state index contributed by atoms with van der Waals surface area (Å²) < 4.78 is 12.0. The van der Waals surface area contributed by atoms with Crippen LogP contribution in [0.4, 0.5) is 10.5 Å². The van der Waals surface area contributed by atoms with E-state index < -0.39 is 5.41 Å². The fourth-order valence-corrected chi connectivity index (χ4v) is 3.96. The first-order valence-corrected chi connectivity index (χ1v) is 10.4. The van der Waals surface area contributed by atoms with Gasteiger partial charge in [-0.1, -0.05) is 23.4 Å². The highest BCUT2D eigenvalue weighted by atomic mass is 16.5. The van der Waals surface area contributed by atoms with E-state index in [9.17, 15) is 9.59 Å². The Bertz CT molecular complexity index is 1370. The highest BCUT2D eigenvalue weighted by Crippen LogP contribution is 2.35. The zero-order chi connectivity index (χ0) is 23.2. The highest BCUT2D eigenvalue weighted by molar-refractivity contribution is 6.04. The fourth-order valence-electron chi connectivity index (χ4n) is 3.96. The van der Waals surface area contributed by atoms with Crippen molar-refractivity contribution in [1.82, 2.24) is 24.4 Å². The number of pyridine rings is 1. The minimum absolute atomic E-state index is 0.271. The van der Waals surface area contributed by atoms with Gasteiger partial charge in [-0.05, 0) is 37.6 Å². The topological polar surface area (TPSA) is 115 Å². The number of aromatic nitrogens is 4. The Kier molecular flexibility index (Phi) is 4.85. The van der Waals surface area contributed by atoms with Gasteiger partial charge in [-0.3, -0.25) is 9.20 Å². The van der Waals surface area contributed by atoms with E-state index in [1.807, 2.05) is 50.2 Å². The van der Waals surface area contributed by atoms with Crippen molar-refractivity contribution in [1.29, 1.82) is 0 Å². The average Bonchev–Trinajstić information content (AvgIpc) is 3.46. The molecule has 10 heteroatoms. The minimum Gasteiger partial charge on any atom is -0.453 e. The molecule has 4 heterocycles. The molecule has 0 bridgehead atoms. The summed E-state index contributed by atoms with van der Waals surface area (Å²) in [7, 11) is 1.35. The molecule has 2 amide bonds. The number of aryl methyl sites for hydroxylation is 1. The lowest BCUT2D eigenvalue weighted by molar-refractivity contribution is 0.0417. The second-order valence-electron chi connectivity index (χ2n) is 8.37. The van der Waals surface area contributed by atoms with Gasteiger partial charge in [0, 0.05) is 30.5 Å². The number of rotatable bonds is 4. The third-order valence-corrected chi connectivity index (χ3v) is 5.85. The van der Waals surface area contributed by atoms with Crippen LogP contribution in [0.5, 0.6) is 0 Å². The quantitative estimate of drug-likeness (QED) is 0.511. The molecular formula is C23H22N6O4. The van der Waals surface area contributed by atoms with Crippen molar-refractivity contribution in [2.75, 3.05) is 25.5 Å². The Balaban J connectivity index is 1.36. The van der Waals surface area contributed by atoms with Gasteiger partial charge in [0.15, 0.2) is 0 Å². The van der Waals surface area contributed by atoms with Crippen molar-refractivity contribution in [3.63, 3.8) is 0 Å². The Morgan fingerprint density at radius 3 is 2.82 bits per heavy atom. The van der Waals surface area contributed by atoms with Crippen molar-refractivity contribution in [3.05, 3.63) is 65.9 Å². The third kappa shape index (κ3) is 3.59. The number of methoxy groups -OCH3 is 1. The number of benzene rings is 1. The van der Waals surface area contributed by atoms with E-state index in [4.69, 9.17) is 9.26 Å². The van der Waals surface area contributed by atoms with Gasteiger partial charge < -0.3 is 19.5 Å². The number of carbonyl (C=O) groups is 2. The molecule has 0 saturated carbocycles. The van der Waals surface area contributed by atoms with Crippen LogP contribution in [0.15, 0.2) is 53.3 Å². The van der Waals surface area contributed by atoms with Crippen LogP contribution in [0, 0.1) is 6.92 Å². The molecule has 1 aliphatic heterocycles. The van der Waals surface area contributed by atoms with Gasteiger partial charge in [-0.25, -0.2) is 9.78 Å². The predicted molar refractivity (Wildman–Crippen MR) is 119 cm³/mol. The fraction of sp³-hybridized carbons (Fsp3) is 0.261. The number of imidazole rings is 1. The lowest BCUT2D eigenvalue weighted by atomic mass is 9.82. The van der Waals surface area contributed by atoms with Crippen molar-refractivity contribution in [2.45, 2.75) is 19.3 Å². The van der Waals surface area contributed by atoms with Crippen molar-refractivity contribution >= 4 is 23.3 Å². The summed E-state index contributed by atoms with van der Waals surface area (Å²) in [6.07, 6.45) is 2.97. The van der Waals surface area contributed by atoms with Crippen LogP contribution in [-0.2, 0) is 10.2 Å². The van der Waals surface area contributed by atoms with Crippen LogP contribution in [0.1, 0.15) is 28.9 Å². The first-order chi connectivity index (χ1) is 15.9. The molecular weight excluding hydrogens is 424 g/mol. The highest BCUT2D eigenvalue weighted by Gasteiger charge is 2.47. The Labute approximate surface area is 189 Å². The molecule has 1 saturated heterocycles. The van der Waals surface area contributed by atoms with Gasteiger partial charge in [0.1, 0.15) is 11.3 Å². The molecule has 168 valence electrons. The number of hydrogen-bond acceptors (Lipinski definition) is 7. The third-order valence-electron chi connectivity index (χ3n) is 5.85. The summed E-state index contributed by atoms with van der Waals surface area (Å²) in [6.45, 7) is 4.75. The molecule has 0 radical (unpaired) electrons. The van der Waals surface area contributed by atoms with E-state index in [1.54, 1.807) is 21.7 Å². The molecule has 0 atom stereocenters. The van der Waals surface area contributed by atoms with Crippen LogP contribution < -0.4 is 5.32 Å². The van der Waals surface area contributed by atoms with Gasteiger partial charge in [0.05, 0.1) is 18.7 Å². The van der Waals surface area contributed by atoms with E-state index in [0.29, 0.717) is 47.4 Å². The average molecular weight is 446 g/mol. The maximum absolute atomic E-state index is 12.9. The van der Waals surface area contributed by atoms with Gasteiger partial charge in [-0.15, -0.1) is 0 Å². The van der Waals surface area contributed by atoms with Crippen molar-refractivity contribution in [2.24, 2.45) is 0 Å². The molecule has 5 rings (SSSR count). The van der Waals surface area contributed by atoms with Gasteiger partial charge in [0.2, 0.25) is 11.7 Å². The zero-order valence-corrected chi connectivity index (χ0v) is 18.4. The SMILES string of the molecule is COC(=O)N1CC(C)(c2nc(-c3ccc(C)c(NC(=O)c4cnc5ccccn45)c3)no2)C1. The lowest BCUT2D eigenvalue weighted by Gasteiger charge is -2.44. The largest absolute Gasteiger partial charge is 0.453 e. The van der Waals surface area contributed by atoms with Crippen LogP contribution >= 0.6 is 0 Å². The van der Waals surface area contributed by atoms with Crippen LogP contribution in [-0.4, -0.2) is 56.6 Å². The number of amides is 2. The van der Waals surface area contributed by atoms with Gasteiger partial charge >= 0.3 is 6.09 Å². The van der Waals surface area contributed by atoms with E-state index in [1.165, 1.54) is 7.11 Å². The van der Waals surface area contributed by atoms with Gasteiger partial charge in [-0.2, -0.15) is 4.98 Å². The summed E-state index contributed by atoms with van der Waals surface area (Å²) in [6, 6.07) is 11.1. The number of anilines is 1. The number of fused-ring (bicyclic) bond motifs is 1. The zero-order valence-electron chi connectivity index (χ0n) is 18.4. The normalized spacial score (nSPS) is 14.7. The second kappa shape index (κ2) is 7.73. The lowest BCUT2D eigenvalue weighted by Crippen LogP contribution is -2.59. The van der Waals surface area contributed by atoms with E-state index in [2.05, 4.69) is 20.4 Å². The molecule has 1 fully saturated rings. The summed E-state index contributed by atoms with van der Waals surface area (Å²) in [5, 5.41) is 7.07. The van der Waals surface area contributed by atoms with Crippen LogP contribution in [0.3, 0.4) is 0 Å². The molecule has 4 aromatic rings. The molecule has 10 nitrogen and oxygen atoms in total. The number of likely N-dealkylation sites (tertiary alicyclic amines) is 1. The monoisotopic (exact) mass is 446 g/mol. The first-order valence-electron chi connectivity index (χ1n) is 10.4. The number of ether oxygens (including phenoxy) is 1. The van der Waals surface area contributed by atoms with Crippen molar-refractivity contribution < 1.29 is 18.8 Å². The summed E-state index contributed by atoms with van der Waals surface area (Å²) in [5.74, 6) is 0.593. The number of nitrogens with one attached hydrogen (secondary N) is 1. The maximum atomic E-state index is 12.9. The van der Waals surface area contributed by atoms with Crippen LogP contribution in [0.25, 0.3) is 17.0 Å². The second-order valence-corrected chi connectivity index (χ2v) is 8.37. The van der Waals surface area contributed by atoms with Crippen LogP contribution in [0.2, 0.25) is 0 Å². The van der Waals surface area contributed by atoms with E-state index in [-0.39, 0.29) is 12.0 Å². The smallest absolute Gasteiger partial charge is 0.409 e. The molecule has 3 aromatic heterocycles. The molecule has 0 unspecified atom stereocenters. The molecule has 0 aliphatic carbocycles. The summed E-state index contributed by atoms with van der Waals surface area (Å²) in [4.78, 5) is 35.0. The Morgan fingerprint density at radius 2 is 2.03 bits per heavy atom. The number of hydrogen-bond donors (Lipinski definition) is 1. The molecule has 33 heavy (non-hydrogen) atoms.